The van der Waals surface area contributed by atoms with Crippen LogP contribution in [0.15, 0.2) is 34.7 Å². The van der Waals surface area contributed by atoms with E-state index >= 15 is 0 Å². The van der Waals surface area contributed by atoms with Gasteiger partial charge in [0.25, 0.3) is 5.91 Å². The third-order valence-corrected chi connectivity index (χ3v) is 3.84. The highest BCUT2D eigenvalue weighted by Gasteiger charge is 2.33. The van der Waals surface area contributed by atoms with Gasteiger partial charge in [-0.05, 0) is 25.5 Å². The SMILES string of the molecule is Cc1nc(-c2ccccc2)oc1C(=O)N1CCC(C(=O)O)C1. The average molecular weight is 300 g/mol. The summed E-state index contributed by atoms with van der Waals surface area (Å²) < 4.78 is 5.62. The molecule has 1 saturated heterocycles. The lowest BCUT2D eigenvalue weighted by Crippen LogP contribution is -2.30. The van der Waals surface area contributed by atoms with Crippen LogP contribution in [0.5, 0.6) is 0 Å². The summed E-state index contributed by atoms with van der Waals surface area (Å²) in [5, 5.41) is 9.02. The quantitative estimate of drug-likeness (QED) is 0.939. The Morgan fingerprint density at radius 1 is 1.32 bits per heavy atom. The van der Waals surface area contributed by atoms with E-state index < -0.39 is 11.9 Å². The third kappa shape index (κ3) is 2.59. The van der Waals surface area contributed by atoms with Crippen molar-refractivity contribution in [3.05, 3.63) is 41.8 Å². The minimum Gasteiger partial charge on any atom is -0.481 e. The fraction of sp³-hybridized carbons (Fsp3) is 0.312. The number of hydrogen-bond donors (Lipinski definition) is 1. The molecule has 0 bridgehead atoms. The molecular weight excluding hydrogens is 284 g/mol. The van der Waals surface area contributed by atoms with Crippen LogP contribution in [0.4, 0.5) is 0 Å². The molecule has 6 heteroatoms. The Bertz CT molecular complexity index is 708. The smallest absolute Gasteiger partial charge is 0.308 e. The molecular formula is C16H16N2O4. The fourth-order valence-corrected chi connectivity index (χ4v) is 2.59. The predicted octanol–water partition coefficient (Wildman–Crippen LogP) is 2.20. The summed E-state index contributed by atoms with van der Waals surface area (Å²) in [7, 11) is 0. The summed E-state index contributed by atoms with van der Waals surface area (Å²) >= 11 is 0. The molecule has 0 aliphatic carbocycles. The number of likely N-dealkylation sites (tertiary alicyclic amines) is 1. The van der Waals surface area contributed by atoms with Gasteiger partial charge in [0, 0.05) is 18.7 Å². The van der Waals surface area contributed by atoms with Crippen LogP contribution >= 0.6 is 0 Å². The number of aryl methyl sites for hydroxylation is 1. The second kappa shape index (κ2) is 5.63. The van der Waals surface area contributed by atoms with Gasteiger partial charge in [-0.1, -0.05) is 18.2 Å². The van der Waals surface area contributed by atoms with Crippen molar-refractivity contribution < 1.29 is 19.1 Å². The Morgan fingerprint density at radius 3 is 2.68 bits per heavy atom. The van der Waals surface area contributed by atoms with Crippen molar-refractivity contribution in [3.8, 4) is 11.5 Å². The maximum absolute atomic E-state index is 12.5. The summed E-state index contributed by atoms with van der Waals surface area (Å²) in [6, 6.07) is 9.34. The number of carboxylic acids is 1. The van der Waals surface area contributed by atoms with Gasteiger partial charge in [-0.25, -0.2) is 4.98 Å². The molecule has 0 spiro atoms. The van der Waals surface area contributed by atoms with Crippen LogP contribution in [-0.2, 0) is 4.79 Å². The summed E-state index contributed by atoms with van der Waals surface area (Å²) in [6.07, 6.45) is 0.472. The minimum atomic E-state index is -0.866. The van der Waals surface area contributed by atoms with Crippen LogP contribution in [-0.4, -0.2) is 40.0 Å². The molecule has 1 atom stereocenters. The molecule has 1 amide bonds. The van der Waals surface area contributed by atoms with Gasteiger partial charge in [0.2, 0.25) is 11.7 Å². The maximum atomic E-state index is 12.5. The molecule has 1 aliphatic heterocycles. The van der Waals surface area contributed by atoms with Crippen LogP contribution in [0.3, 0.4) is 0 Å². The van der Waals surface area contributed by atoms with E-state index in [-0.39, 0.29) is 18.2 Å². The lowest BCUT2D eigenvalue weighted by Gasteiger charge is -2.13. The molecule has 114 valence electrons. The first-order valence-corrected chi connectivity index (χ1v) is 7.11. The zero-order chi connectivity index (χ0) is 15.7. The largest absolute Gasteiger partial charge is 0.481 e. The van der Waals surface area contributed by atoms with Gasteiger partial charge in [0.15, 0.2) is 0 Å². The molecule has 0 saturated carbocycles. The molecule has 0 radical (unpaired) electrons. The highest BCUT2D eigenvalue weighted by atomic mass is 16.4. The molecule has 1 unspecified atom stereocenters. The monoisotopic (exact) mass is 300 g/mol. The lowest BCUT2D eigenvalue weighted by molar-refractivity contribution is -0.141. The fourth-order valence-electron chi connectivity index (χ4n) is 2.59. The van der Waals surface area contributed by atoms with Crippen LogP contribution in [0.1, 0.15) is 22.7 Å². The van der Waals surface area contributed by atoms with Gasteiger partial charge >= 0.3 is 5.97 Å². The number of nitrogens with zero attached hydrogens (tertiary/aromatic N) is 2. The van der Waals surface area contributed by atoms with E-state index in [1.165, 1.54) is 4.90 Å². The number of aromatic nitrogens is 1. The molecule has 1 fully saturated rings. The number of hydrogen-bond acceptors (Lipinski definition) is 4. The van der Waals surface area contributed by atoms with Gasteiger partial charge in [-0.2, -0.15) is 0 Å². The van der Waals surface area contributed by atoms with Gasteiger partial charge in [0.1, 0.15) is 0 Å². The van der Waals surface area contributed by atoms with Crippen molar-refractivity contribution in [1.82, 2.24) is 9.88 Å². The van der Waals surface area contributed by atoms with Crippen LogP contribution in [0.2, 0.25) is 0 Å². The second-order valence-corrected chi connectivity index (χ2v) is 5.37. The van der Waals surface area contributed by atoms with Gasteiger partial charge in [-0.3, -0.25) is 9.59 Å². The van der Waals surface area contributed by atoms with E-state index in [0.717, 1.165) is 5.56 Å². The standard InChI is InChI=1S/C16H16N2O4/c1-10-13(15(19)18-8-7-12(9-18)16(20)21)22-14(17-10)11-5-3-2-4-6-11/h2-6,12H,7-9H2,1H3,(H,20,21). The van der Waals surface area contributed by atoms with Crippen molar-refractivity contribution in [2.24, 2.45) is 5.92 Å². The van der Waals surface area contributed by atoms with Crippen molar-refractivity contribution in [1.29, 1.82) is 0 Å². The van der Waals surface area contributed by atoms with Crippen molar-refractivity contribution in [2.75, 3.05) is 13.1 Å². The summed E-state index contributed by atoms with van der Waals surface area (Å²) in [5.41, 5.74) is 1.32. The highest BCUT2D eigenvalue weighted by molar-refractivity contribution is 5.93. The summed E-state index contributed by atoms with van der Waals surface area (Å²) in [5.74, 6) is -1.08. The molecule has 1 aromatic carbocycles. The Labute approximate surface area is 127 Å². The zero-order valence-electron chi connectivity index (χ0n) is 12.2. The van der Waals surface area contributed by atoms with E-state index in [0.29, 0.717) is 24.6 Å². The number of amides is 1. The van der Waals surface area contributed by atoms with E-state index in [2.05, 4.69) is 4.98 Å². The number of benzene rings is 1. The molecule has 2 aromatic rings. The van der Waals surface area contributed by atoms with E-state index in [1.807, 2.05) is 30.3 Å². The molecule has 22 heavy (non-hydrogen) atoms. The van der Waals surface area contributed by atoms with E-state index in [1.54, 1.807) is 6.92 Å². The van der Waals surface area contributed by atoms with Crippen LogP contribution < -0.4 is 0 Å². The molecule has 1 N–H and O–H groups in total. The number of carbonyl (C=O) groups excluding carboxylic acids is 1. The van der Waals surface area contributed by atoms with E-state index in [9.17, 15) is 9.59 Å². The molecule has 2 heterocycles. The number of carbonyl (C=O) groups is 2. The van der Waals surface area contributed by atoms with Crippen LogP contribution in [0.25, 0.3) is 11.5 Å². The Kier molecular flexibility index (Phi) is 3.66. The molecule has 1 aromatic heterocycles. The first-order chi connectivity index (χ1) is 10.6. The maximum Gasteiger partial charge on any atom is 0.308 e. The third-order valence-electron chi connectivity index (χ3n) is 3.84. The van der Waals surface area contributed by atoms with Gasteiger partial charge in [0.05, 0.1) is 11.6 Å². The summed E-state index contributed by atoms with van der Waals surface area (Å²) in [6.45, 7) is 2.36. The Morgan fingerprint density at radius 2 is 2.05 bits per heavy atom. The normalized spacial score (nSPS) is 17.7. The number of rotatable bonds is 3. The zero-order valence-corrected chi connectivity index (χ0v) is 12.2. The molecule has 1 aliphatic rings. The summed E-state index contributed by atoms with van der Waals surface area (Å²) in [4.78, 5) is 29.3. The van der Waals surface area contributed by atoms with Crippen molar-refractivity contribution in [2.45, 2.75) is 13.3 Å². The van der Waals surface area contributed by atoms with Crippen LogP contribution in [0, 0.1) is 12.8 Å². The van der Waals surface area contributed by atoms with Gasteiger partial charge in [-0.15, -0.1) is 0 Å². The lowest BCUT2D eigenvalue weighted by atomic mass is 10.1. The molecule has 6 nitrogen and oxygen atoms in total. The average Bonchev–Trinajstić information content (AvgIpc) is 3.14. The van der Waals surface area contributed by atoms with Crippen molar-refractivity contribution in [3.63, 3.8) is 0 Å². The molecule has 3 rings (SSSR count). The number of oxazole rings is 1. The predicted molar refractivity (Wildman–Crippen MR) is 78.3 cm³/mol. The Balaban J connectivity index is 1.82. The Hall–Kier alpha value is -2.63. The first-order valence-electron chi connectivity index (χ1n) is 7.11. The minimum absolute atomic E-state index is 0.185. The van der Waals surface area contributed by atoms with E-state index in [4.69, 9.17) is 9.52 Å². The van der Waals surface area contributed by atoms with Crippen molar-refractivity contribution >= 4 is 11.9 Å². The number of aliphatic carboxylic acids is 1. The van der Waals surface area contributed by atoms with Gasteiger partial charge < -0.3 is 14.4 Å². The second-order valence-electron chi connectivity index (χ2n) is 5.37. The number of carboxylic acid groups (broad SMARTS) is 1. The highest BCUT2D eigenvalue weighted by Crippen LogP contribution is 2.25. The first kappa shape index (κ1) is 14.3. The topological polar surface area (TPSA) is 83.6 Å².